The number of carboxylic acid groups (broad SMARTS) is 1. The summed E-state index contributed by atoms with van der Waals surface area (Å²) in [5, 5.41) is 20.3. The van der Waals surface area contributed by atoms with Crippen LogP contribution < -0.4 is 5.32 Å². The van der Waals surface area contributed by atoms with E-state index in [1.165, 1.54) is 13.8 Å². The molecule has 92 valence electrons. The highest BCUT2D eigenvalue weighted by molar-refractivity contribution is 6.01. The van der Waals surface area contributed by atoms with E-state index in [2.05, 4.69) is 5.32 Å². The van der Waals surface area contributed by atoms with E-state index >= 15 is 0 Å². The van der Waals surface area contributed by atoms with Crippen molar-refractivity contribution >= 4 is 11.9 Å². The number of carboxylic acids is 1. The molecule has 0 aromatic heterocycles. The summed E-state index contributed by atoms with van der Waals surface area (Å²) in [6.45, 7) is 6.39. The highest BCUT2D eigenvalue weighted by Crippen LogP contribution is 2.06. The molecule has 1 amide bonds. The third-order valence-corrected chi connectivity index (χ3v) is 2.54. The Hall–Kier alpha value is -1.36. The van der Waals surface area contributed by atoms with Crippen LogP contribution in [-0.4, -0.2) is 34.7 Å². The fourth-order valence-corrected chi connectivity index (χ4v) is 1.03. The summed E-state index contributed by atoms with van der Waals surface area (Å²) in [6.07, 6.45) is 0. The Labute approximate surface area is 95.2 Å². The number of nitrogens with one attached hydrogen (secondary N) is 1. The van der Waals surface area contributed by atoms with E-state index in [9.17, 15) is 9.59 Å². The fraction of sp³-hybridized carbons (Fsp3) is 0.636. The maximum Gasteiger partial charge on any atom is 0.331 e. The average molecular weight is 229 g/mol. The van der Waals surface area contributed by atoms with E-state index in [1.807, 2.05) is 13.8 Å². The van der Waals surface area contributed by atoms with Crippen molar-refractivity contribution in [3.8, 4) is 0 Å². The molecule has 16 heavy (non-hydrogen) atoms. The Bertz CT molecular complexity index is 307. The van der Waals surface area contributed by atoms with Crippen LogP contribution in [0.15, 0.2) is 11.1 Å². The maximum atomic E-state index is 11.6. The van der Waals surface area contributed by atoms with E-state index < -0.39 is 11.9 Å². The van der Waals surface area contributed by atoms with Crippen molar-refractivity contribution in [2.45, 2.75) is 33.7 Å². The van der Waals surface area contributed by atoms with Gasteiger partial charge in [-0.25, -0.2) is 4.79 Å². The zero-order chi connectivity index (χ0) is 12.9. The lowest BCUT2D eigenvalue weighted by Crippen LogP contribution is -2.41. The molecule has 0 heterocycles. The number of carbonyl (C=O) groups is 2. The predicted octanol–water partition coefficient (Wildman–Crippen LogP) is 0.540. The topological polar surface area (TPSA) is 86.6 Å². The quantitative estimate of drug-likeness (QED) is 0.600. The van der Waals surface area contributed by atoms with Crippen molar-refractivity contribution in [3.63, 3.8) is 0 Å². The van der Waals surface area contributed by atoms with Gasteiger partial charge in [0.15, 0.2) is 0 Å². The number of aliphatic carboxylic acids is 1. The fourth-order valence-electron chi connectivity index (χ4n) is 1.03. The SMILES string of the molecule is CC(C(=O)O)=C(C)C(=O)NC(CO)C(C)C. The van der Waals surface area contributed by atoms with Gasteiger partial charge in [-0.15, -0.1) is 0 Å². The average Bonchev–Trinajstić information content (AvgIpc) is 2.22. The van der Waals surface area contributed by atoms with Gasteiger partial charge in [0, 0.05) is 11.1 Å². The summed E-state index contributed by atoms with van der Waals surface area (Å²) >= 11 is 0. The van der Waals surface area contributed by atoms with Gasteiger partial charge in [0.1, 0.15) is 0 Å². The first-order valence-corrected chi connectivity index (χ1v) is 5.13. The zero-order valence-corrected chi connectivity index (χ0v) is 10.1. The number of rotatable bonds is 5. The van der Waals surface area contributed by atoms with Gasteiger partial charge in [-0.3, -0.25) is 4.79 Å². The van der Waals surface area contributed by atoms with Crippen LogP contribution in [0.25, 0.3) is 0 Å². The molecule has 0 aliphatic heterocycles. The molecule has 0 saturated carbocycles. The minimum Gasteiger partial charge on any atom is -0.478 e. The number of hydrogen-bond acceptors (Lipinski definition) is 3. The summed E-state index contributed by atoms with van der Waals surface area (Å²) in [4.78, 5) is 22.3. The number of amides is 1. The van der Waals surface area contributed by atoms with Crippen molar-refractivity contribution in [2.75, 3.05) is 6.61 Å². The summed E-state index contributed by atoms with van der Waals surface area (Å²) < 4.78 is 0. The van der Waals surface area contributed by atoms with Crippen molar-refractivity contribution in [1.82, 2.24) is 5.32 Å². The molecule has 5 heteroatoms. The molecule has 0 saturated heterocycles. The highest BCUT2D eigenvalue weighted by atomic mass is 16.4. The largest absolute Gasteiger partial charge is 0.478 e. The number of hydrogen-bond donors (Lipinski definition) is 3. The summed E-state index contributed by atoms with van der Waals surface area (Å²) in [5.41, 5.74) is 0.171. The van der Waals surface area contributed by atoms with Crippen LogP contribution in [0, 0.1) is 5.92 Å². The van der Waals surface area contributed by atoms with Gasteiger partial charge < -0.3 is 15.5 Å². The Kier molecular flexibility index (Phi) is 5.74. The molecule has 1 unspecified atom stereocenters. The first-order valence-electron chi connectivity index (χ1n) is 5.13. The van der Waals surface area contributed by atoms with Crippen LogP contribution in [0.4, 0.5) is 0 Å². The number of carbonyl (C=O) groups excluding carboxylic acids is 1. The van der Waals surface area contributed by atoms with E-state index in [-0.39, 0.29) is 29.7 Å². The second-order valence-corrected chi connectivity index (χ2v) is 4.06. The summed E-state index contributed by atoms with van der Waals surface area (Å²) in [5.74, 6) is -1.47. The lowest BCUT2D eigenvalue weighted by molar-refractivity contribution is -0.133. The van der Waals surface area contributed by atoms with Crippen LogP contribution in [0.2, 0.25) is 0 Å². The molecule has 0 aromatic rings. The molecular formula is C11H19NO4. The molecule has 5 nitrogen and oxygen atoms in total. The molecule has 0 rings (SSSR count). The lowest BCUT2D eigenvalue weighted by Gasteiger charge is -2.20. The second-order valence-electron chi connectivity index (χ2n) is 4.06. The van der Waals surface area contributed by atoms with Gasteiger partial charge in [0.25, 0.3) is 0 Å². The number of aliphatic hydroxyl groups is 1. The number of aliphatic hydroxyl groups excluding tert-OH is 1. The molecular weight excluding hydrogens is 210 g/mol. The Morgan fingerprint density at radius 1 is 1.19 bits per heavy atom. The molecule has 0 radical (unpaired) electrons. The third-order valence-electron chi connectivity index (χ3n) is 2.54. The molecule has 0 fully saturated rings. The highest BCUT2D eigenvalue weighted by Gasteiger charge is 2.18. The molecule has 0 spiro atoms. The first-order chi connectivity index (χ1) is 7.31. The van der Waals surface area contributed by atoms with Gasteiger partial charge in [-0.1, -0.05) is 13.8 Å². The van der Waals surface area contributed by atoms with Crippen molar-refractivity contribution in [2.24, 2.45) is 5.92 Å². The molecule has 0 aliphatic rings. The Balaban J connectivity index is 4.70. The van der Waals surface area contributed by atoms with E-state index in [4.69, 9.17) is 10.2 Å². The van der Waals surface area contributed by atoms with E-state index in [1.54, 1.807) is 0 Å². The lowest BCUT2D eigenvalue weighted by atomic mass is 10.0. The van der Waals surface area contributed by atoms with Gasteiger partial charge in [0.05, 0.1) is 12.6 Å². The first kappa shape index (κ1) is 14.6. The summed E-state index contributed by atoms with van der Waals surface area (Å²) in [7, 11) is 0. The standard InChI is InChI=1S/C11H19NO4/c1-6(2)9(5-13)12-10(14)7(3)8(4)11(15)16/h6,9,13H,5H2,1-4H3,(H,12,14)(H,15,16). The van der Waals surface area contributed by atoms with Crippen LogP contribution in [0.1, 0.15) is 27.7 Å². The Morgan fingerprint density at radius 2 is 1.69 bits per heavy atom. The molecule has 0 aromatic carbocycles. The Morgan fingerprint density at radius 3 is 2.00 bits per heavy atom. The minimum atomic E-state index is -1.11. The maximum absolute atomic E-state index is 11.6. The van der Waals surface area contributed by atoms with Crippen LogP contribution >= 0.6 is 0 Å². The molecule has 3 N–H and O–H groups in total. The van der Waals surface area contributed by atoms with Crippen LogP contribution in [0.5, 0.6) is 0 Å². The zero-order valence-electron chi connectivity index (χ0n) is 10.1. The van der Waals surface area contributed by atoms with Crippen LogP contribution in [0.3, 0.4) is 0 Å². The smallest absolute Gasteiger partial charge is 0.331 e. The second kappa shape index (κ2) is 6.27. The van der Waals surface area contributed by atoms with E-state index in [0.29, 0.717) is 0 Å². The minimum absolute atomic E-state index is 0.0120. The van der Waals surface area contributed by atoms with E-state index in [0.717, 1.165) is 0 Å². The monoisotopic (exact) mass is 229 g/mol. The van der Waals surface area contributed by atoms with Crippen molar-refractivity contribution < 1.29 is 19.8 Å². The van der Waals surface area contributed by atoms with Crippen molar-refractivity contribution in [1.29, 1.82) is 0 Å². The predicted molar refractivity (Wildman–Crippen MR) is 59.9 cm³/mol. The van der Waals surface area contributed by atoms with Crippen LogP contribution in [-0.2, 0) is 9.59 Å². The van der Waals surface area contributed by atoms with Crippen molar-refractivity contribution in [3.05, 3.63) is 11.1 Å². The molecule has 0 bridgehead atoms. The van der Waals surface area contributed by atoms with Gasteiger partial charge in [-0.05, 0) is 19.8 Å². The van der Waals surface area contributed by atoms with Gasteiger partial charge in [0.2, 0.25) is 5.91 Å². The normalized spacial score (nSPS) is 14.4. The molecule has 1 atom stereocenters. The molecule has 0 aliphatic carbocycles. The van der Waals surface area contributed by atoms with Gasteiger partial charge >= 0.3 is 5.97 Å². The third kappa shape index (κ3) is 4.02. The summed E-state index contributed by atoms with van der Waals surface area (Å²) in [6, 6.07) is -0.357. The van der Waals surface area contributed by atoms with Gasteiger partial charge in [-0.2, -0.15) is 0 Å².